The molecule has 0 spiro atoms. The lowest BCUT2D eigenvalue weighted by atomic mass is 10.2. The van der Waals surface area contributed by atoms with Crippen molar-refractivity contribution in [1.29, 1.82) is 0 Å². The molecule has 1 amide bonds. The van der Waals surface area contributed by atoms with Crippen molar-refractivity contribution in [2.24, 2.45) is 0 Å². The molecule has 0 aliphatic heterocycles. The summed E-state index contributed by atoms with van der Waals surface area (Å²) in [7, 11) is 0. The van der Waals surface area contributed by atoms with E-state index in [2.05, 4.69) is 10.3 Å². The number of carbonyl (C=O) groups excluding carboxylic acids is 2. The Kier molecular flexibility index (Phi) is 5.58. The van der Waals surface area contributed by atoms with E-state index in [0.29, 0.717) is 10.7 Å². The number of amides is 1. The highest BCUT2D eigenvalue weighted by Gasteiger charge is 2.20. The van der Waals surface area contributed by atoms with Gasteiger partial charge in [-0.3, -0.25) is 9.78 Å². The summed E-state index contributed by atoms with van der Waals surface area (Å²) in [5.41, 5.74) is 1.41. The van der Waals surface area contributed by atoms with E-state index in [4.69, 9.17) is 27.9 Å². The highest BCUT2D eigenvalue weighted by atomic mass is 35.5. The van der Waals surface area contributed by atoms with Gasteiger partial charge in [0.2, 0.25) is 0 Å². The van der Waals surface area contributed by atoms with Crippen LogP contribution in [0.25, 0.3) is 0 Å². The monoisotopic (exact) mass is 352 g/mol. The lowest BCUT2D eigenvalue weighted by Gasteiger charge is -2.14. The van der Waals surface area contributed by atoms with Gasteiger partial charge >= 0.3 is 5.97 Å². The van der Waals surface area contributed by atoms with Gasteiger partial charge in [-0.1, -0.05) is 29.3 Å². The summed E-state index contributed by atoms with van der Waals surface area (Å²) in [5, 5.41) is 3.11. The van der Waals surface area contributed by atoms with Gasteiger partial charge in [0.05, 0.1) is 21.3 Å². The van der Waals surface area contributed by atoms with E-state index in [-0.39, 0.29) is 10.6 Å². The topological polar surface area (TPSA) is 68.3 Å². The van der Waals surface area contributed by atoms with Crippen LogP contribution in [0.15, 0.2) is 36.5 Å². The maximum atomic E-state index is 12.1. The molecule has 2 aromatic rings. The van der Waals surface area contributed by atoms with Crippen molar-refractivity contribution in [1.82, 2.24) is 4.98 Å². The number of pyridine rings is 1. The predicted molar refractivity (Wildman–Crippen MR) is 88.9 cm³/mol. The number of aromatic nitrogens is 1. The van der Waals surface area contributed by atoms with Crippen LogP contribution in [-0.2, 0) is 9.53 Å². The number of hydrogen-bond donors (Lipinski definition) is 1. The Morgan fingerprint density at radius 2 is 1.96 bits per heavy atom. The molecule has 23 heavy (non-hydrogen) atoms. The number of carbonyl (C=O) groups is 2. The standard InChI is InChI=1S/C16H14Cl2N2O3/c1-9-6-7-11(8-19-9)16(22)23-10(2)15(21)20-13-5-3-4-12(17)14(13)18/h3-8,10H,1-2H3,(H,20,21). The first kappa shape index (κ1) is 17.2. The summed E-state index contributed by atoms with van der Waals surface area (Å²) in [6, 6.07) is 8.13. The first-order valence-electron chi connectivity index (χ1n) is 6.77. The molecule has 1 heterocycles. The molecule has 5 nitrogen and oxygen atoms in total. The predicted octanol–water partition coefficient (Wildman–Crippen LogP) is 3.88. The highest BCUT2D eigenvalue weighted by molar-refractivity contribution is 6.44. The van der Waals surface area contributed by atoms with E-state index in [1.807, 2.05) is 0 Å². The SMILES string of the molecule is Cc1ccc(C(=O)OC(C)C(=O)Nc2cccc(Cl)c2Cl)cn1. The molecule has 7 heteroatoms. The number of rotatable bonds is 4. The number of halogens is 2. The maximum absolute atomic E-state index is 12.1. The van der Waals surface area contributed by atoms with Gasteiger partial charge in [0, 0.05) is 11.9 Å². The van der Waals surface area contributed by atoms with Crippen molar-refractivity contribution in [3.8, 4) is 0 Å². The fourth-order valence-electron chi connectivity index (χ4n) is 1.71. The second kappa shape index (κ2) is 7.44. The average Bonchev–Trinajstić information content (AvgIpc) is 2.52. The summed E-state index contributed by atoms with van der Waals surface area (Å²) in [5.74, 6) is -1.14. The molecule has 0 radical (unpaired) electrons. The molecule has 120 valence electrons. The minimum atomic E-state index is -1.00. The second-order valence-electron chi connectivity index (χ2n) is 4.83. The third kappa shape index (κ3) is 4.43. The minimum Gasteiger partial charge on any atom is -0.449 e. The zero-order valence-corrected chi connectivity index (χ0v) is 14.0. The lowest BCUT2D eigenvalue weighted by molar-refractivity contribution is -0.123. The van der Waals surface area contributed by atoms with Gasteiger partial charge in [-0.15, -0.1) is 0 Å². The fraction of sp³-hybridized carbons (Fsp3) is 0.188. The number of ether oxygens (including phenoxy) is 1. The van der Waals surface area contributed by atoms with Crippen LogP contribution in [0.1, 0.15) is 23.0 Å². The van der Waals surface area contributed by atoms with E-state index in [1.165, 1.54) is 13.1 Å². The van der Waals surface area contributed by atoms with Crippen LogP contribution < -0.4 is 5.32 Å². The van der Waals surface area contributed by atoms with Gasteiger partial charge < -0.3 is 10.1 Å². The molecule has 0 fully saturated rings. The quantitative estimate of drug-likeness (QED) is 0.847. The number of esters is 1. The zero-order valence-electron chi connectivity index (χ0n) is 12.5. The third-order valence-corrected chi connectivity index (χ3v) is 3.83. The second-order valence-corrected chi connectivity index (χ2v) is 5.61. The molecule has 1 unspecified atom stereocenters. The summed E-state index contributed by atoms with van der Waals surface area (Å²) >= 11 is 11.9. The van der Waals surface area contributed by atoms with E-state index in [1.54, 1.807) is 37.3 Å². The fourth-order valence-corrected chi connectivity index (χ4v) is 2.05. The van der Waals surface area contributed by atoms with Gasteiger partial charge in [0.25, 0.3) is 5.91 Å². The van der Waals surface area contributed by atoms with Gasteiger partial charge in [-0.05, 0) is 38.1 Å². The Hall–Kier alpha value is -2.11. The normalized spacial score (nSPS) is 11.7. The Bertz CT molecular complexity index is 733. The number of nitrogens with zero attached hydrogens (tertiary/aromatic N) is 1. The number of benzene rings is 1. The molecule has 0 saturated carbocycles. The first-order valence-corrected chi connectivity index (χ1v) is 7.52. The third-order valence-electron chi connectivity index (χ3n) is 3.01. The maximum Gasteiger partial charge on any atom is 0.340 e. The minimum absolute atomic E-state index is 0.226. The van der Waals surface area contributed by atoms with E-state index in [9.17, 15) is 9.59 Å². The van der Waals surface area contributed by atoms with Crippen LogP contribution in [-0.4, -0.2) is 23.0 Å². The van der Waals surface area contributed by atoms with Crippen molar-refractivity contribution in [3.63, 3.8) is 0 Å². The zero-order chi connectivity index (χ0) is 17.0. The number of nitrogens with one attached hydrogen (secondary N) is 1. The van der Waals surface area contributed by atoms with E-state index < -0.39 is 18.0 Å². The Morgan fingerprint density at radius 3 is 2.61 bits per heavy atom. The van der Waals surface area contributed by atoms with Crippen molar-refractivity contribution >= 4 is 40.8 Å². The molecule has 2 rings (SSSR count). The molecule has 0 aliphatic rings. The van der Waals surface area contributed by atoms with Crippen LogP contribution in [0.4, 0.5) is 5.69 Å². The van der Waals surface area contributed by atoms with Crippen molar-refractivity contribution in [2.45, 2.75) is 20.0 Å². The van der Waals surface area contributed by atoms with Gasteiger partial charge in [0.1, 0.15) is 0 Å². The van der Waals surface area contributed by atoms with Gasteiger partial charge in [-0.25, -0.2) is 4.79 Å². The smallest absolute Gasteiger partial charge is 0.340 e. The number of hydrogen-bond acceptors (Lipinski definition) is 4. The van der Waals surface area contributed by atoms with Crippen molar-refractivity contribution in [3.05, 3.63) is 57.8 Å². The Labute approximate surface area is 143 Å². The molecular formula is C16H14Cl2N2O3. The largest absolute Gasteiger partial charge is 0.449 e. The van der Waals surface area contributed by atoms with Crippen LogP contribution in [0, 0.1) is 6.92 Å². The molecule has 1 aromatic carbocycles. The molecule has 0 saturated heterocycles. The summed E-state index contributed by atoms with van der Waals surface area (Å²) < 4.78 is 5.11. The molecule has 0 aliphatic carbocycles. The van der Waals surface area contributed by atoms with Gasteiger partial charge in [0.15, 0.2) is 6.10 Å². The summed E-state index contributed by atoms with van der Waals surface area (Å²) in [6.07, 6.45) is 0.398. The summed E-state index contributed by atoms with van der Waals surface area (Å²) in [4.78, 5) is 28.1. The van der Waals surface area contributed by atoms with Gasteiger partial charge in [-0.2, -0.15) is 0 Å². The molecule has 0 bridgehead atoms. The molecule has 1 N–H and O–H groups in total. The average molecular weight is 353 g/mol. The Morgan fingerprint density at radius 1 is 1.22 bits per heavy atom. The molecule has 1 aromatic heterocycles. The van der Waals surface area contributed by atoms with Crippen LogP contribution in [0.2, 0.25) is 10.0 Å². The number of anilines is 1. The lowest BCUT2D eigenvalue weighted by Crippen LogP contribution is -2.30. The summed E-state index contributed by atoms with van der Waals surface area (Å²) in [6.45, 7) is 3.27. The van der Waals surface area contributed by atoms with Crippen LogP contribution in [0.3, 0.4) is 0 Å². The van der Waals surface area contributed by atoms with Crippen LogP contribution >= 0.6 is 23.2 Å². The van der Waals surface area contributed by atoms with Crippen molar-refractivity contribution in [2.75, 3.05) is 5.32 Å². The van der Waals surface area contributed by atoms with Crippen LogP contribution in [0.5, 0.6) is 0 Å². The first-order chi connectivity index (χ1) is 10.9. The molecular weight excluding hydrogens is 339 g/mol. The highest BCUT2D eigenvalue weighted by Crippen LogP contribution is 2.29. The number of aryl methyl sites for hydroxylation is 1. The Balaban J connectivity index is 2.01. The van der Waals surface area contributed by atoms with Crippen molar-refractivity contribution < 1.29 is 14.3 Å². The van der Waals surface area contributed by atoms with E-state index in [0.717, 1.165) is 5.69 Å². The molecule has 1 atom stereocenters. The van der Waals surface area contributed by atoms with E-state index >= 15 is 0 Å².